The second-order valence-corrected chi connectivity index (χ2v) is 12.6. The Bertz CT molecular complexity index is 1340. The predicted octanol–water partition coefficient (Wildman–Crippen LogP) is 4.19. The summed E-state index contributed by atoms with van der Waals surface area (Å²) in [5.41, 5.74) is 8.93. The molecule has 1 aliphatic heterocycles. The minimum atomic E-state index is -3.37. The van der Waals surface area contributed by atoms with Crippen LogP contribution < -0.4 is 11.1 Å². The predicted molar refractivity (Wildman–Crippen MR) is 145 cm³/mol. The standard InChI is InChI=1S/C26H29N3O4S2.ClH/c1-17(2)35(32,33)20-10-8-18(9-11-20)14-23(30)28-26-24(25(27)31)21-12-13-29(16-22(21)34-26)15-19-6-4-3-5-7-19;/h3-11,17H,12-16H2,1-2H3,(H2,27,31)(H,28,30);1H. The number of benzene rings is 2. The van der Waals surface area contributed by atoms with Crippen molar-refractivity contribution in [3.63, 3.8) is 0 Å². The molecule has 2 amide bonds. The second kappa shape index (κ2) is 11.6. The van der Waals surface area contributed by atoms with Crippen LogP contribution in [0, 0.1) is 0 Å². The van der Waals surface area contributed by atoms with Gasteiger partial charge in [0.25, 0.3) is 5.91 Å². The van der Waals surface area contributed by atoms with Crippen LogP contribution in [-0.2, 0) is 40.6 Å². The number of hydrogen-bond donors (Lipinski definition) is 2. The molecule has 0 atom stereocenters. The number of nitrogens with zero attached hydrogens (tertiary/aromatic N) is 1. The normalized spacial score (nSPS) is 13.6. The average molecular weight is 548 g/mol. The van der Waals surface area contributed by atoms with E-state index in [4.69, 9.17) is 5.73 Å². The summed E-state index contributed by atoms with van der Waals surface area (Å²) >= 11 is 1.40. The Kier molecular flexibility index (Phi) is 8.94. The van der Waals surface area contributed by atoms with Crippen molar-refractivity contribution in [2.45, 2.75) is 49.9 Å². The maximum Gasteiger partial charge on any atom is 0.251 e. The van der Waals surface area contributed by atoms with Crippen LogP contribution in [-0.4, -0.2) is 36.9 Å². The van der Waals surface area contributed by atoms with E-state index in [0.717, 1.165) is 23.5 Å². The van der Waals surface area contributed by atoms with Crippen LogP contribution in [0.15, 0.2) is 59.5 Å². The molecular weight excluding hydrogens is 518 g/mol. The fraction of sp³-hybridized carbons (Fsp3) is 0.308. The van der Waals surface area contributed by atoms with Crippen LogP contribution in [0.1, 0.15) is 45.8 Å². The summed E-state index contributed by atoms with van der Waals surface area (Å²) < 4.78 is 24.6. The van der Waals surface area contributed by atoms with Crippen LogP contribution >= 0.6 is 23.7 Å². The number of halogens is 1. The van der Waals surface area contributed by atoms with Crippen molar-refractivity contribution in [2.75, 3.05) is 11.9 Å². The highest BCUT2D eigenvalue weighted by Gasteiger charge is 2.28. The maximum absolute atomic E-state index is 12.8. The Balaban J connectivity index is 0.00000361. The van der Waals surface area contributed by atoms with Crippen molar-refractivity contribution in [1.29, 1.82) is 0 Å². The lowest BCUT2D eigenvalue weighted by atomic mass is 10.0. The van der Waals surface area contributed by atoms with E-state index >= 15 is 0 Å². The smallest absolute Gasteiger partial charge is 0.251 e. The Morgan fingerprint density at radius 2 is 1.72 bits per heavy atom. The summed E-state index contributed by atoms with van der Waals surface area (Å²) in [4.78, 5) is 28.6. The summed E-state index contributed by atoms with van der Waals surface area (Å²) in [5, 5.41) is 2.83. The molecule has 0 spiro atoms. The molecule has 3 aromatic rings. The van der Waals surface area contributed by atoms with Crippen LogP contribution in [0.2, 0.25) is 0 Å². The zero-order valence-corrected chi connectivity index (χ0v) is 22.6. The highest BCUT2D eigenvalue weighted by Crippen LogP contribution is 2.37. The van der Waals surface area contributed by atoms with Crippen molar-refractivity contribution in [3.05, 3.63) is 81.7 Å². The van der Waals surface area contributed by atoms with Crippen LogP contribution in [0.3, 0.4) is 0 Å². The van der Waals surface area contributed by atoms with E-state index < -0.39 is 21.0 Å². The van der Waals surface area contributed by atoms with Gasteiger partial charge < -0.3 is 11.1 Å². The molecular formula is C26H30ClN3O4S2. The van der Waals surface area contributed by atoms with E-state index in [-0.39, 0.29) is 29.6 Å². The monoisotopic (exact) mass is 547 g/mol. The maximum atomic E-state index is 12.8. The first-order valence-electron chi connectivity index (χ1n) is 11.5. The fourth-order valence-corrected chi connectivity index (χ4v) is 6.58. The van der Waals surface area contributed by atoms with Gasteiger partial charge in [0, 0.05) is 24.5 Å². The number of sulfone groups is 1. The third kappa shape index (κ3) is 6.15. The number of nitrogens with one attached hydrogen (secondary N) is 1. The van der Waals surface area contributed by atoms with E-state index in [1.165, 1.54) is 29.0 Å². The van der Waals surface area contributed by atoms with Gasteiger partial charge in [-0.2, -0.15) is 0 Å². The van der Waals surface area contributed by atoms with Crippen molar-refractivity contribution in [2.24, 2.45) is 5.73 Å². The molecule has 0 aliphatic carbocycles. The topological polar surface area (TPSA) is 110 Å². The molecule has 36 heavy (non-hydrogen) atoms. The van der Waals surface area contributed by atoms with Gasteiger partial charge in [0.1, 0.15) is 5.00 Å². The number of carbonyl (C=O) groups is 2. The molecule has 2 aromatic carbocycles. The molecule has 0 unspecified atom stereocenters. The van der Waals surface area contributed by atoms with Crippen LogP contribution in [0.25, 0.3) is 0 Å². The van der Waals surface area contributed by atoms with Crippen LogP contribution in [0.4, 0.5) is 5.00 Å². The van der Waals surface area contributed by atoms with Gasteiger partial charge in [-0.15, -0.1) is 23.7 Å². The third-order valence-corrected chi connectivity index (χ3v) is 9.42. The van der Waals surface area contributed by atoms with E-state index in [2.05, 4.69) is 22.3 Å². The fourth-order valence-electron chi connectivity index (χ4n) is 4.21. The van der Waals surface area contributed by atoms with E-state index in [1.54, 1.807) is 26.0 Å². The Morgan fingerprint density at radius 3 is 2.33 bits per heavy atom. The van der Waals surface area contributed by atoms with E-state index in [0.29, 0.717) is 29.1 Å². The number of nitrogens with two attached hydrogens (primary N) is 1. The number of hydrogen-bond acceptors (Lipinski definition) is 6. The van der Waals surface area contributed by atoms with Crippen molar-refractivity contribution < 1.29 is 18.0 Å². The SMILES string of the molecule is CC(C)S(=O)(=O)c1ccc(CC(=O)Nc2sc3c(c2C(N)=O)CCN(Cc2ccccc2)C3)cc1.Cl. The number of fused-ring (bicyclic) bond motifs is 1. The largest absolute Gasteiger partial charge is 0.365 e. The molecule has 0 bridgehead atoms. The summed E-state index contributed by atoms with van der Waals surface area (Å²) in [7, 11) is -3.37. The Labute approximate surface area is 222 Å². The highest BCUT2D eigenvalue weighted by molar-refractivity contribution is 7.92. The first kappa shape index (κ1) is 27.9. The number of primary amides is 1. The Hall–Kier alpha value is -2.72. The lowest BCUT2D eigenvalue weighted by Gasteiger charge is -2.27. The molecule has 192 valence electrons. The van der Waals surface area contributed by atoms with Gasteiger partial charge in [0.2, 0.25) is 5.91 Å². The van der Waals surface area contributed by atoms with Crippen molar-refractivity contribution in [1.82, 2.24) is 4.90 Å². The lowest BCUT2D eigenvalue weighted by Crippen LogP contribution is -2.30. The van der Waals surface area contributed by atoms with Gasteiger partial charge >= 0.3 is 0 Å². The minimum absolute atomic E-state index is 0. The third-order valence-electron chi connectivity index (χ3n) is 6.12. The van der Waals surface area contributed by atoms with Gasteiger partial charge in [-0.25, -0.2) is 8.42 Å². The molecule has 7 nitrogen and oxygen atoms in total. The minimum Gasteiger partial charge on any atom is -0.365 e. The molecule has 0 radical (unpaired) electrons. The van der Waals surface area contributed by atoms with E-state index in [1.807, 2.05) is 18.2 Å². The molecule has 1 aliphatic rings. The lowest BCUT2D eigenvalue weighted by molar-refractivity contribution is -0.115. The highest BCUT2D eigenvalue weighted by atomic mass is 35.5. The summed E-state index contributed by atoms with van der Waals surface area (Å²) in [6, 6.07) is 16.6. The molecule has 10 heteroatoms. The quantitative estimate of drug-likeness (QED) is 0.439. The molecule has 3 N–H and O–H groups in total. The van der Waals surface area contributed by atoms with Gasteiger partial charge in [0.15, 0.2) is 9.84 Å². The molecule has 0 fully saturated rings. The number of carbonyl (C=O) groups excluding carboxylic acids is 2. The van der Waals surface area contributed by atoms with Crippen molar-refractivity contribution >= 4 is 50.4 Å². The number of amides is 2. The van der Waals surface area contributed by atoms with Crippen LogP contribution in [0.5, 0.6) is 0 Å². The summed E-state index contributed by atoms with van der Waals surface area (Å²) in [5.74, 6) is -0.829. The first-order chi connectivity index (χ1) is 16.6. The summed E-state index contributed by atoms with van der Waals surface area (Å²) in [6.07, 6.45) is 0.751. The van der Waals surface area contributed by atoms with Gasteiger partial charge in [0.05, 0.1) is 22.1 Å². The summed E-state index contributed by atoms with van der Waals surface area (Å²) in [6.45, 7) is 5.58. The molecule has 4 rings (SSSR count). The van der Waals surface area contributed by atoms with Gasteiger partial charge in [-0.1, -0.05) is 42.5 Å². The van der Waals surface area contributed by atoms with Gasteiger partial charge in [-0.05, 0) is 49.1 Å². The van der Waals surface area contributed by atoms with Crippen molar-refractivity contribution in [3.8, 4) is 0 Å². The molecule has 0 saturated heterocycles. The Morgan fingerprint density at radius 1 is 1.06 bits per heavy atom. The zero-order chi connectivity index (χ0) is 25.2. The first-order valence-corrected chi connectivity index (χ1v) is 13.8. The van der Waals surface area contributed by atoms with Gasteiger partial charge in [-0.3, -0.25) is 14.5 Å². The molecule has 2 heterocycles. The second-order valence-electron chi connectivity index (χ2n) is 8.98. The molecule has 0 saturated carbocycles. The number of anilines is 1. The zero-order valence-electron chi connectivity index (χ0n) is 20.2. The van der Waals surface area contributed by atoms with E-state index in [9.17, 15) is 18.0 Å². The number of rotatable bonds is 8. The average Bonchev–Trinajstić information content (AvgIpc) is 3.17. The molecule has 1 aromatic heterocycles. The number of thiophene rings is 1.